The van der Waals surface area contributed by atoms with Gasteiger partial charge in [0.15, 0.2) is 0 Å². The van der Waals surface area contributed by atoms with Crippen LogP contribution in [0.3, 0.4) is 0 Å². The first-order chi connectivity index (χ1) is 10.1. The minimum atomic E-state index is -0.444. The molecule has 0 aliphatic heterocycles. The lowest BCUT2D eigenvalue weighted by Gasteiger charge is -2.12. The summed E-state index contributed by atoms with van der Waals surface area (Å²) in [6, 6.07) is 3.20. The number of ether oxygens (including phenoxy) is 3. The van der Waals surface area contributed by atoms with E-state index in [2.05, 4.69) is 6.92 Å². The fraction of sp³-hybridized carbons (Fsp3) is 0.562. The van der Waals surface area contributed by atoms with Gasteiger partial charge in [0, 0.05) is 6.07 Å². The Morgan fingerprint density at radius 1 is 1.10 bits per heavy atom. The molecule has 0 fully saturated rings. The lowest BCUT2D eigenvalue weighted by Crippen LogP contribution is -2.10. The summed E-state index contributed by atoms with van der Waals surface area (Å²) in [5.41, 5.74) is 6.46. The summed E-state index contributed by atoms with van der Waals surface area (Å²) in [5.74, 6) is 0.473. The Morgan fingerprint density at radius 3 is 2.43 bits per heavy atom. The highest BCUT2D eigenvalue weighted by atomic mass is 16.5. The molecule has 1 aromatic carbocycles. The van der Waals surface area contributed by atoms with Crippen molar-refractivity contribution in [2.24, 2.45) is 0 Å². The second kappa shape index (κ2) is 9.10. The molecule has 0 bridgehead atoms. The molecule has 5 nitrogen and oxygen atoms in total. The van der Waals surface area contributed by atoms with E-state index in [9.17, 15) is 4.79 Å². The van der Waals surface area contributed by atoms with Crippen LogP contribution in [-0.4, -0.2) is 26.8 Å². The molecule has 0 heterocycles. The standard InChI is InChI=1S/C16H25NO4/c1-4-5-6-7-8-9-21-16(18)13-10-12(19-2)11-14(20-3)15(13)17/h10-11H,4-9,17H2,1-3H3. The van der Waals surface area contributed by atoms with Crippen LogP contribution in [0.1, 0.15) is 49.4 Å². The van der Waals surface area contributed by atoms with E-state index in [1.54, 1.807) is 12.1 Å². The van der Waals surface area contributed by atoms with Crippen molar-refractivity contribution in [2.75, 3.05) is 26.6 Å². The van der Waals surface area contributed by atoms with Gasteiger partial charge in [-0.25, -0.2) is 4.79 Å². The highest BCUT2D eigenvalue weighted by Gasteiger charge is 2.17. The quantitative estimate of drug-likeness (QED) is 0.429. The van der Waals surface area contributed by atoms with Gasteiger partial charge in [-0.15, -0.1) is 0 Å². The number of anilines is 1. The fourth-order valence-electron chi connectivity index (χ4n) is 2.01. The third-order valence-electron chi connectivity index (χ3n) is 3.27. The lowest BCUT2D eigenvalue weighted by molar-refractivity contribution is 0.0498. The van der Waals surface area contributed by atoms with Crippen LogP contribution in [0.25, 0.3) is 0 Å². The van der Waals surface area contributed by atoms with E-state index in [-0.39, 0.29) is 11.3 Å². The molecule has 0 aliphatic carbocycles. The van der Waals surface area contributed by atoms with E-state index in [1.807, 2.05) is 0 Å². The predicted octanol–water partition coefficient (Wildman–Crippen LogP) is 3.41. The molecule has 0 amide bonds. The highest BCUT2D eigenvalue weighted by Crippen LogP contribution is 2.31. The molecule has 1 aromatic rings. The van der Waals surface area contributed by atoms with Crippen molar-refractivity contribution >= 4 is 11.7 Å². The normalized spacial score (nSPS) is 10.2. The van der Waals surface area contributed by atoms with Crippen LogP contribution in [0.4, 0.5) is 5.69 Å². The molecular formula is C16H25NO4. The number of rotatable bonds is 9. The zero-order chi connectivity index (χ0) is 15.7. The average Bonchev–Trinajstić information content (AvgIpc) is 2.50. The minimum Gasteiger partial charge on any atom is -0.497 e. The van der Waals surface area contributed by atoms with Gasteiger partial charge < -0.3 is 19.9 Å². The van der Waals surface area contributed by atoms with Crippen LogP contribution >= 0.6 is 0 Å². The van der Waals surface area contributed by atoms with Crippen molar-refractivity contribution in [3.05, 3.63) is 17.7 Å². The van der Waals surface area contributed by atoms with Crippen LogP contribution in [-0.2, 0) is 4.74 Å². The van der Waals surface area contributed by atoms with E-state index in [0.29, 0.717) is 18.1 Å². The van der Waals surface area contributed by atoms with Crippen LogP contribution < -0.4 is 15.2 Å². The van der Waals surface area contributed by atoms with Gasteiger partial charge >= 0.3 is 5.97 Å². The van der Waals surface area contributed by atoms with E-state index < -0.39 is 5.97 Å². The molecule has 5 heteroatoms. The smallest absolute Gasteiger partial charge is 0.340 e. The Morgan fingerprint density at radius 2 is 1.81 bits per heavy atom. The van der Waals surface area contributed by atoms with Gasteiger partial charge in [-0.2, -0.15) is 0 Å². The first-order valence-electron chi connectivity index (χ1n) is 7.32. The zero-order valence-corrected chi connectivity index (χ0v) is 13.1. The van der Waals surface area contributed by atoms with E-state index in [0.717, 1.165) is 12.8 Å². The maximum Gasteiger partial charge on any atom is 0.340 e. The number of hydrogen-bond acceptors (Lipinski definition) is 5. The molecule has 0 atom stereocenters. The molecule has 0 saturated heterocycles. The summed E-state index contributed by atoms with van der Waals surface area (Å²) in [6.07, 6.45) is 5.52. The molecule has 0 unspecified atom stereocenters. The summed E-state index contributed by atoms with van der Waals surface area (Å²) >= 11 is 0. The number of carbonyl (C=O) groups is 1. The molecule has 0 radical (unpaired) electrons. The van der Waals surface area contributed by atoms with E-state index >= 15 is 0 Å². The number of hydrogen-bond donors (Lipinski definition) is 1. The Balaban J connectivity index is 2.61. The SMILES string of the molecule is CCCCCCCOC(=O)c1cc(OC)cc(OC)c1N. The minimum absolute atomic E-state index is 0.272. The van der Waals surface area contributed by atoms with Crippen molar-refractivity contribution in [3.8, 4) is 11.5 Å². The fourth-order valence-corrected chi connectivity index (χ4v) is 2.01. The van der Waals surface area contributed by atoms with Gasteiger partial charge in [0.25, 0.3) is 0 Å². The van der Waals surface area contributed by atoms with Gasteiger partial charge in [0.2, 0.25) is 0 Å². The van der Waals surface area contributed by atoms with E-state index in [1.165, 1.54) is 33.5 Å². The van der Waals surface area contributed by atoms with E-state index in [4.69, 9.17) is 19.9 Å². The van der Waals surface area contributed by atoms with Crippen molar-refractivity contribution in [1.29, 1.82) is 0 Å². The maximum atomic E-state index is 12.1. The second-order valence-corrected chi connectivity index (χ2v) is 4.84. The Hall–Kier alpha value is -1.91. The molecule has 1 rings (SSSR count). The molecule has 0 aromatic heterocycles. The number of methoxy groups -OCH3 is 2. The second-order valence-electron chi connectivity index (χ2n) is 4.84. The topological polar surface area (TPSA) is 70.8 Å². The van der Waals surface area contributed by atoms with Gasteiger partial charge in [-0.1, -0.05) is 32.6 Å². The van der Waals surface area contributed by atoms with Gasteiger partial charge in [0.1, 0.15) is 11.5 Å². The molecule has 21 heavy (non-hydrogen) atoms. The number of carbonyl (C=O) groups excluding carboxylic acids is 1. The van der Waals surface area contributed by atoms with Crippen molar-refractivity contribution in [2.45, 2.75) is 39.0 Å². The lowest BCUT2D eigenvalue weighted by atomic mass is 10.1. The highest BCUT2D eigenvalue weighted by molar-refractivity contribution is 5.97. The molecule has 118 valence electrons. The van der Waals surface area contributed by atoms with Crippen molar-refractivity contribution < 1.29 is 19.0 Å². The number of esters is 1. The van der Waals surface area contributed by atoms with Crippen LogP contribution in [0.15, 0.2) is 12.1 Å². The first kappa shape index (κ1) is 17.1. The number of unbranched alkanes of at least 4 members (excludes halogenated alkanes) is 4. The van der Waals surface area contributed by atoms with Gasteiger partial charge in [0.05, 0.1) is 32.1 Å². The van der Waals surface area contributed by atoms with Gasteiger partial charge in [-0.3, -0.25) is 0 Å². The summed E-state index contributed by atoms with van der Waals surface area (Å²) in [4.78, 5) is 12.1. The molecule has 2 N–H and O–H groups in total. The largest absolute Gasteiger partial charge is 0.497 e. The number of nitrogen functional groups attached to an aromatic ring is 1. The maximum absolute atomic E-state index is 12.1. The van der Waals surface area contributed by atoms with Crippen molar-refractivity contribution in [3.63, 3.8) is 0 Å². The third kappa shape index (κ3) is 5.17. The predicted molar refractivity (Wildman–Crippen MR) is 83.0 cm³/mol. The summed E-state index contributed by atoms with van der Waals surface area (Å²) in [6.45, 7) is 2.57. The monoisotopic (exact) mass is 295 g/mol. The summed E-state index contributed by atoms with van der Waals surface area (Å²) in [5, 5.41) is 0. The molecular weight excluding hydrogens is 270 g/mol. The summed E-state index contributed by atoms with van der Waals surface area (Å²) in [7, 11) is 3.02. The molecule has 0 aliphatic rings. The van der Waals surface area contributed by atoms with Crippen LogP contribution in [0.2, 0.25) is 0 Å². The third-order valence-corrected chi connectivity index (χ3v) is 3.27. The molecule has 0 spiro atoms. The average molecular weight is 295 g/mol. The Labute approximate surface area is 126 Å². The Kier molecular flexibility index (Phi) is 7.43. The van der Waals surface area contributed by atoms with Crippen LogP contribution in [0.5, 0.6) is 11.5 Å². The zero-order valence-electron chi connectivity index (χ0n) is 13.1. The Bertz CT molecular complexity index is 460. The molecule has 0 saturated carbocycles. The first-order valence-corrected chi connectivity index (χ1v) is 7.32. The van der Waals surface area contributed by atoms with Crippen molar-refractivity contribution in [1.82, 2.24) is 0 Å². The number of benzene rings is 1. The summed E-state index contributed by atoms with van der Waals surface area (Å²) < 4.78 is 15.5. The van der Waals surface area contributed by atoms with Gasteiger partial charge in [-0.05, 0) is 12.5 Å². The van der Waals surface area contributed by atoms with Crippen LogP contribution in [0, 0.1) is 0 Å². The number of nitrogens with two attached hydrogens (primary N) is 1.